The van der Waals surface area contributed by atoms with Gasteiger partial charge in [0.1, 0.15) is 11.5 Å². The number of imidazole rings is 1. The van der Waals surface area contributed by atoms with Gasteiger partial charge in [-0.05, 0) is 12.1 Å². The summed E-state index contributed by atoms with van der Waals surface area (Å²) in [5, 5.41) is 6.63. The highest BCUT2D eigenvalue weighted by Gasteiger charge is 2.20. The van der Waals surface area contributed by atoms with Crippen molar-refractivity contribution in [2.45, 2.75) is 13.1 Å². The Morgan fingerprint density at radius 1 is 1.52 bits per heavy atom. The van der Waals surface area contributed by atoms with Gasteiger partial charge in [-0.1, -0.05) is 0 Å². The lowest BCUT2D eigenvalue weighted by atomic mass is 10.3. The van der Waals surface area contributed by atoms with E-state index >= 15 is 0 Å². The lowest BCUT2D eigenvalue weighted by Gasteiger charge is -2.16. The van der Waals surface area contributed by atoms with Gasteiger partial charge in [-0.2, -0.15) is 13.9 Å². The molecule has 1 amide bonds. The number of nitrogens with one attached hydrogen (secondary N) is 1. The number of hydrogen-bond acceptors (Lipinski definition) is 4. The van der Waals surface area contributed by atoms with Crippen LogP contribution >= 0.6 is 0 Å². The first-order valence-electron chi connectivity index (χ1n) is 6.71. The molecule has 0 aliphatic carbocycles. The first kappa shape index (κ1) is 14.9. The summed E-state index contributed by atoms with van der Waals surface area (Å²) in [6.45, 7) is -2.76. The number of aromatic amines is 1. The molecule has 1 N–H and O–H groups in total. The fourth-order valence-corrected chi connectivity index (χ4v) is 2.11. The Kier molecular flexibility index (Phi) is 3.92. The molecule has 0 aliphatic heterocycles. The number of furan rings is 1. The number of carbonyl (C=O) groups excluding carboxylic acids is 1. The molecule has 120 valence electrons. The smallest absolute Gasteiger partial charge is 0.319 e. The second kappa shape index (κ2) is 6.03. The third-order valence-electron chi connectivity index (χ3n) is 3.27. The number of amides is 1. The van der Waals surface area contributed by atoms with Crippen molar-refractivity contribution in [1.29, 1.82) is 0 Å². The van der Waals surface area contributed by atoms with Crippen LogP contribution < -0.4 is 0 Å². The highest BCUT2D eigenvalue weighted by atomic mass is 19.3. The van der Waals surface area contributed by atoms with Crippen LogP contribution in [0.5, 0.6) is 0 Å². The Balaban J connectivity index is 1.74. The minimum Gasteiger partial charge on any atom is -0.463 e. The summed E-state index contributed by atoms with van der Waals surface area (Å²) in [6, 6.07) is 4.98. The number of halogens is 2. The number of rotatable bonds is 5. The number of H-pyrrole nitrogens is 1. The second-order valence-electron chi connectivity index (χ2n) is 4.83. The maximum Gasteiger partial charge on any atom is 0.319 e. The van der Waals surface area contributed by atoms with E-state index in [4.69, 9.17) is 4.42 Å². The van der Waals surface area contributed by atoms with E-state index in [0.29, 0.717) is 16.0 Å². The molecule has 3 rings (SSSR count). The van der Waals surface area contributed by atoms with Crippen molar-refractivity contribution in [3.63, 3.8) is 0 Å². The van der Waals surface area contributed by atoms with Crippen molar-refractivity contribution in [1.82, 2.24) is 24.6 Å². The summed E-state index contributed by atoms with van der Waals surface area (Å²) < 4.78 is 31.5. The van der Waals surface area contributed by atoms with Crippen LogP contribution in [0, 0.1) is 0 Å². The third kappa shape index (κ3) is 2.98. The molecule has 23 heavy (non-hydrogen) atoms. The summed E-state index contributed by atoms with van der Waals surface area (Å²) in [7, 11) is 1.49. The molecule has 0 aliphatic rings. The first-order chi connectivity index (χ1) is 11.1. The highest BCUT2D eigenvalue weighted by Crippen LogP contribution is 2.19. The molecular weight excluding hydrogens is 308 g/mol. The molecule has 0 bridgehead atoms. The zero-order chi connectivity index (χ0) is 16.4. The zero-order valence-electron chi connectivity index (χ0n) is 12.1. The molecular formula is C14H13F2N5O2. The van der Waals surface area contributed by atoms with E-state index < -0.39 is 12.5 Å². The van der Waals surface area contributed by atoms with Crippen LogP contribution in [0.3, 0.4) is 0 Å². The van der Waals surface area contributed by atoms with Gasteiger partial charge in [0.25, 0.3) is 5.91 Å². The van der Waals surface area contributed by atoms with E-state index in [-0.39, 0.29) is 18.1 Å². The standard InChI is InChI=1S/C14H13F2N5O2/c1-20(8-12-17-4-5-21(12)14(15)16)13(22)10-7-9(18-19-10)11-3-2-6-23-11/h2-7,14H,8H2,1H3,(H,18,19). The number of carbonyl (C=O) groups is 1. The zero-order valence-corrected chi connectivity index (χ0v) is 12.1. The molecule has 3 aromatic rings. The predicted molar refractivity (Wildman–Crippen MR) is 75.6 cm³/mol. The van der Waals surface area contributed by atoms with E-state index in [0.717, 1.165) is 0 Å². The normalized spacial score (nSPS) is 11.1. The summed E-state index contributed by atoms with van der Waals surface area (Å²) in [6.07, 6.45) is 3.94. The van der Waals surface area contributed by atoms with E-state index in [2.05, 4.69) is 15.2 Å². The Labute approximate surface area is 129 Å². The Bertz CT molecular complexity index is 794. The van der Waals surface area contributed by atoms with Gasteiger partial charge < -0.3 is 9.32 Å². The van der Waals surface area contributed by atoms with Crippen LogP contribution in [0.2, 0.25) is 0 Å². The maximum atomic E-state index is 12.8. The van der Waals surface area contributed by atoms with Gasteiger partial charge in [0.05, 0.1) is 12.8 Å². The van der Waals surface area contributed by atoms with Gasteiger partial charge in [-0.25, -0.2) is 4.98 Å². The largest absolute Gasteiger partial charge is 0.463 e. The molecule has 3 heterocycles. The number of hydrogen-bond donors (Lipinski definition) is 1. The van der Waals surface area contributed by atoms with Gasteiger partial charge in [0, 0.05) is 25.5 Å². The van der Waals surface area contributed by atoms with Crippen molar-refractivity contribution in [2.75, 3.05) is 7.05 Å². The van der Waals surface area contributed by atoms with Crippen LogP contribution in [0.25, 0.3) is 11.5 Å². The van der Waals surface area contributed by atoms with Crippen LogP contribution in [0.1, 0.15) is 22.9 Å². The Hall–Kier alpha value is -2.97. The topological polar surface area (TPSA) is 80.0 Å². The van der Waals surface area contributed by atoms with E-state index in [9.17, 15) is 13.6 Å². The van der Waals surface area contributed by atoms with Crippen molar-refractivity contribution in [3.05, 3.63) is 48.4 Å². The molecule has 3 aromatic heterocycles. The molecule has 0 fully saturated rings. The SMILES string of the molecule is CN(Cc1nccn1C(F)F)C(=O)c1cc(-c2ccco2)[nH]n1. The average Bonchev–Trinajstić information content (AvgIpc) is 3.26. The van der Waals surface area contributed by atoms with Crippen LogP contribution in [0.15, 0.2) is 41.3 Å². The number of aromatic nitrogens is 4. The fourth-order valence-electron chi connectivity index (χ4n) is 2.11. The lowest BCUT2D eigenvalue weighted by molar-refractivity contribution is 0.0611. The molecule has 0 atom stereocenters. The van der Waals surface area contributed by atoms with E-state index in [1.54, 1.807) is 12.1 Å². The molecule has 0 unspecified atom stereocenters. The Morgan fingerprint density at radius 3 is 3.04 bits per heavy atom. The maximum absolute atomic E-state index is 12.8. The fraction of sp³-hybridized carbons (Fsp3) is 0.214. The van der Waals surface area contributed by atoms with Gasteiger partial charge in [-0.3, -0.25) is 14.5 Å². The van der Waals surface area contributed by atoms with Crippen molar-refractivity contribution in [2.24, 2.45) is 0 Å². The summed E-state index contributed by atoms with van der Waals surface area (Å²) in [5.74, 6) is 0.230. The van der Waals surface area contributed by atoms with Crippen LogP contribution in [-0.2, 0) is 6.54 Å². The average molecular weight is 321 g/mol. The minimum atomic E-state index is -2.70. The van der Waals surface area contributed by atoms with Gasteiger partial charge in [0.15, 0.2) is 11.5 Å². The lowest BCUT2D eigenvalue weighted by Crippen LogP contribution is -2.28. The molecule has 0 saturated heterocycles. The monoisotopic (exact) mass is 321 g/mol. The number of alkyl halides is 2. The van der Waals surface area contributed by atoms with Crippen molar-refractivity contribution >= 4 is 5.91 Å². The van der Waals surface area contributed by atoms with Crippen molar-refractivity contribution < 1.29 is 18.0 Å². The quantitative estimate of drug-likeness (QED) is 0.783. The Morgan fingerprint density at radius 2 is 2.35 bits per heavy atom. The molecule has 7 nitrogen and oxygen atoms in total. The summed E-state index contributed by atoms with van der Waals surface area (Å²) >= 11 is 0. The second-order valence-corrected chi connectivity index (χ2v) is 4.83. The number of nitrogens with zero attached hydrogens (tertiary/aromatic N) is 4. The van der Waals surface area contributed by atoms with Gasteiger partial charge in [-0.15, -0.1) is 0 Å². The minimum absolute atomic E-state index is 0.0564. The molecule has 0 radical (unpaired) electrons. The van der Waals surface area contributed by atoms with E-state index in [1.165, 1.54) is 36.7 Å². The predicted octanol–water partition coefficient (Wildman–Crippen LogP) is 2.53. The molecule has 0 saturated carbocycles. The van der Waals surface area contributed by atoms with Gasteiger partial charge in [0.2, 0.25) is 0 Å². The van der Waals surface area contributed by atoms with Crippen LogP contribution in [-0.4, -0.2) is 37.6 Å². The van der Waals surface area contributed by atoms with Crippen LogP contribution in [0.4, 0.5) is 8.78 Å². The summed E-state index contributed by atoms with van der Waals surface area (Å²) in [5.41, 5.74) is 0.717. The van der Waals surface area contributed by atoms with Gasteiger partial charge >= 0.3 is 6.55 Å². The summed E-state index contributed by atoms with van der Waals surface area (Å²) in [4.78, 5) is 17.4. The van der Waals surface area contributed by atoms with Crippen molar-refractivity contribution in [3.8, 4) is 11.5 Å². The first-order valence-corrected chi connectivity index (χ1v) is 6.71. The highest BCUT2D eigenvalue weighted by molar-refractivity contribution is 5.93. The molecule has 9 heteroatoms. The molecule has 0 aromatic carbocycles. The van der Waals surface area contributed by atoms with E-state index in [1.807, 2.05) is 0 Å². The third-order valence-corrected chi connectivity index (χ3v) is 3.27. The molecule has 0 spiro atoms.